The molecule has 0 spiro atoms. The summed E-state index contributed by atoms with van der Waals surface area (Å²) in [6.07, 6.45) is 2.64. The van der Waals surface area contributed by atoms with Crippen molar-refractivity contribution in [2.75, 3.05) is 13.2 Å². The number of urea groups is 1. The average Bonchev–Trinajstić information content (AvgIpc) is 3.26. The second-order valence-electron chi connectivity index (χ2n) is 6.33. The number of rotatable bonds is 7. The monoisotopic (exact) mass is 324 g/mol. The molecule has 1 aliphatic carbocycles. The van der Waals surface area contributed by atoms with E-state index in [-0.39, 0.29) is 18.2 Å². The number of carbonyl (C=O) groups excluding carboxylic acids is 1. The van der Waals surface area contributed by atoms with Gasteiger partial charge in [0.05, 0.1) is 0 Å². The Morgan fingerprint density at radius 1 is 1.41 bits per heavy atom. The van der Waals surface area contributed by atoms with Crippen molar-refractivity contribution in [3.63, 3.8) is 0 Å². The highest BCUT2D eigenvalue weighted by atomic mass is 35.5. The van der Waals surface area contributed by atoms with Crippen LogP contribution < -0.4 is 5.32 Å². The van der Waals surface area contributed by atoms with Crippen LogP contribution in [-0.4, -0.2) is 34.7 Å². The van der Waals surface area contributed by atoms with Gasteiger partial charge in [-0.3, -0.25) is 0 Å². The third kappa shape index (κ3) is 4.14. The molecular formula is C17H25ClN2O2. The molecule has 2 N–H and O–H groups in total. The van der Waals surface area contributed by atoms with Gasteiger partial charge in [-0.05, 0) is 36.8 Å². The molecule has 4 nitrogen and oxygen atoms in total. The second-order valence-corrected chi connectivity index (χ2v) is 6.74. The fraction of sp³-hybridized carbons (Fsp3) is 0.588. The maximum Gasteiger partial charge on any atom is 0.318 e. The van der Waals surface area contributed by atoms with Gasteiger partial charge >= 0.3 is 6.03 Å². The number of amides is 2. The number of hydrogen-bond acceptors (Lipinski definition) is 2. The summed E-state index contributed by atoms with van der Waals surface area (Å²) in [5.74, 6) is 0.427. The first-order valence-electron chi connectivity index (χ1n) is 7.90. The van der Waals surface area contributed by atoms with Gasteiger partial charge < -0.3 is 15.3 Å². The summed E-state index contributed by atoms with van der Waals surface area (Å²) < 4.78 is 0. The zero-order valence-electron chi connectivity index (χ0n) is 13.3. The number of aliphatic hydroxyl groups is 1. The first-order chi connectivity index (χ1) is 10.5. The van der Waals surface area contributed by atoms with E-state index in [0.717, 1.165) is 18.4 Å². The number of hydrogen-bond donors (Lipinski definition) is 2. The Kier molecular flexibility index (Phi) is 5.70. The van der Waals surface area contributed by atoms with Gasteiger partial charge in [0.1, 0.15) is 0 Å². The molecule has 1 aromatic carbocycles. The van der Waals surface area contributed by atoms with Crippen LogP contribution in [0.25, 0.3) is 0 Å². The van der Waals surface area contributed by atoms with Gasteiger partial charge in [-0.2, -0.15) is 0 Å². The maximum absolute atomic E-state index is 12.6. The van der Waals surface area contributed by atoms with Gasteiger partial charge in [0.25, 0.3) is 0 Å². The topological polar surface area (TPSA) is 52.6 Å². The van der Waals surface area contributed by atoms with E-state index >= 15 is 0 Å². The van der Waals surface area contributed by atoms with E-state index in [9.17, 15) is 4.79 Å². The fourth-order valence-electron chi connectivity index (χ4n) is 2.62. The number of aliphatic hydroxyl groups excluding tert-OH is 1. The third-order valence-corrected chi connectivity index (χ3v) is 4.81. The van der Waals surface area contributed by atoms with E-state index in [1.165, 1.54) is 0 Å². The lowest BCUT2D eigenvalue weighted by Gasteiger charge is -2.28. The Labute approximate surface area is 137 Å². The van der Waals surface area contributed by atoms with Crippen molar-refractivity contribution in [2.45, 2.75) is 45.2 Å². The highest BCUT2D eigenvalue weighted by Gasteiger charge is 2.47. The molecule has 1 fully saturated rings. The Morgan fingerprint density at radius 3 is 2.64 bits per heavy atom. The zero-order valence-corrected chi connectivity index (χ0v) is 14.1. The summed E-state index contributed by atoms with van der Waals surface area (Å²) in [7, 11) is 0. The summed E-state index contributed by atoms with van der Waals surface area (Å²) in [4.78, 5) is 14.4. The average molecular weight is 325 g/mol. The van der Waals surface area contributed by atoms with Crippen LogP contribution in [0.4, 0.5) is 4.79 Å². The molecule has 0 aromatic heterocycles. The number of carbonyl (C=O) groups is 1. The van der Waals surface area contributed by atoms with Gasteiger partial charge in [-0.25, -0.2) is 4.79 Å². The minimum atomic E-state index is -0.0698. The maximum atomic E-state index is 12.6. The van der Waals surface area contributed by atoms with E-state index < -0.39 is 0 Å². The molecule has 5 heteroatoms. The van der Waals surface area contributed by atoms with E-state index in [1.807, 2.05) is 24.3 Å². The van der Waals surface area contributed by atoms with Crippen molar-refractivity contribution >= 4 is 17.6 Å². The molecule has 0 saturated heterocycles. The molecule has 0 aliphatic heterocycles. The van der Waals surface area contributed by atoms with Gasteiger partial charge in [-0.15, -0.1) is 0 Å². The molecule has 122 valence electrons. The molecule has 1 aromatic rings. The lowest BCUT2D eigenvalue weighted by molar-refractivity contribution is 0.177. The third-order valence-electron chi connectivity index (χ3n) is 4.44. The predicted octanol–water partition coefficient (Wildman–Crippen LogP) is 3.42. The van der Waals surface area contributed by atoms with Crippen molar-refractivity contribution < 1.29 is 9.90 Å². The lowest BCUT2D eigenvalue weighted by Crippen LogP contribution is -2.48. The van der Waals surface area contributed by atoms with Crippen LogP contribution >= 0.6 is 11.6 Å². The van der Waals surface area contributed by atoms with Gasteiger partial charge in [0.2, 0.25) is 0 Å². The molecule has 0 unspecified atom stereocenters. The summed E-state index contributed by atoms with van der Waals surface area (Å²) >= 11 is 6.20. The Bertz CT molecular complexity index is 515. The van der Waals surface area contributed by atoms with Crippen molar-refractivity contribution in [3.05, 3.63) is 34.9 Å². The van der Waals surface area contributed by atoms with Gasteiger partial charge in [-0.1, -0.05) is 43.6 Å². The van der Waals surface area contributed by atoms with Gasteiger partial charge in [0, 0.05) is 30.3 Å². The first-order valence-corrected chi connectivity index (χ1v) is 8.27. The molecule has 2 amide bonds. The highest BCUT2D eigenvalue weighted by molar-refractivity contribution is 6.31. The van der Waals surface area contributed by atoms with E-state index in [1.54, 1.807) is 4.90 Å². The molecule has 1 aliphatic rings. The zero-order chi connectivity index (χ0) is 16.2. The van der Waals surface area contributed by atoms with Crippen LogP contribution in [0.15, 0.2) is 24.3 Å². The summed E-state index contributed by atoms with van der Waals surface area (Å²) in [5.41, 5.74) is 0.876. The molecule has 0 radical (unpaired) electrons. The van der Waals surface area contributed by atoms with Crippen molar-refractivity contribution in [3.8, 4) is 0 Å². The molecule has 22 heavy (non-hydrogen) atoms. The van der Waals surface area contributed by atoms with Crippen LogP contribution in [0.5, 0.6) is 0 Å². The Hall–Kier alpha value is -1.26. The van der Waals surface area contributed by atoms with Crippen molar-refractivity contribution in [1.29, 1.82) is 0 Å². The number of nitrogens with zero attached hydrogens (tertiary/aromatic N) is 1. The summed E-state index contributed by atoms with van der Waals surface area (Å²) in [5, 5.41) is 12.9. The number of halogens is 1. The molecule has 0 atom stereocenters. The minimum Gasteiger partial charge on any atom is -0.396 e. The highest BCUT2D eigenvalue weighted by Crippen LogP contribution is 2.42. The lowest BCUT2D eigenvalue weighted by atomic mass is 10.0. The molecular weight excluding hydrogens is 300 g/mol. The molecule has 0 bridgehead atoms. The largest absolute Gasteiger partial charge is 0.396 e. The number of nitrogens with one attached hydrogen (secondary N) is 1. The van der Waals surface area contributed by atoms with E-state index in [4.69, 9.17) is 16.7 Å². The Balaban J connectivity index is 2.05. The second kappa shape index (κ2) is 7.34. The minimum absolute atomic E-state index is 0.0466. The Morgan fingerprint density at radius 2 is 2.09 bits per heavy atom. The standard InChI is InChI=1S/C17H25ClN2O2/c1-13(2)17(8-9-17)19-16(22)20(10-5-11-21)12-14-6-3-4-7-15(14)18/h3-4,6-7,13,21H,5,8-12H2,1-2H3,(H,19,22). The quantitative estimate of drug-likeness (QED) is 0.807. The van der Waals surface area contributed by atoms with Crippen LogP contribution in [0.3, 0.4) is 0 Å². The van der Waals surface area contributed by atoms with Crippen LogP contribution in [-0.2, 0) is 6.54 Å². The molecule has 1 saturated carbocycles. The SMILES string of the molecule is CC(C)C1(NC(=O)N(CCCO)Cc2ccccc2Cl)CC1. The van der Waals surface area contributed by atoms with Crippen LogP contribution in [0.2, 0.25) is 5.02 Å². The molecule has 2 rings (SSSR count). The van der Waals surface area contributed by atoms with Crippen molar-refractivity contribution in [2.24, 2.45) is 5.92 Å². The fourth-order valence-corrected chi connectivity index (χ4v) is 2.82. The van der Waals surface area contributed by atoms with Crippen LogP contribution in [0, 0.1) is 5.92 Å². The predicted molar refractivity (Wildman–Crippen MR) is 88.9 cm³/mol. The normalized spacial score (nSPS) is 15.7. The smallest absolute Gasteiger partial charge is 0.318 e. The number of benzene rings is 1. The van der Waals surface area contributed by atoms with E-state index in [0.29, 0.717) is 30.5 Å². The van der Waals surface area contributed by atoms with E-state index in [2.05, 4.69) is 19.2 Å². The molecule has 0 heterocycles. The van der Waals surface area contributed by atoms with Crippen LogP contribution in [0.1, 0.15) is 38.7 Å². The first kappa shape index (κ1) is 17.1. The van der Waals surface area contributed by atoms with Crippen molar-refractivity contribution in [1.82, 2.24) is 10.2 Å². The summed E-state index contributed by atoms with van der Waals surface area (Å²) in [6.45, 7) is 5.32. The summed E-state index contributed by atoms with van der Waals surface area (Å²) in [6, 6.07) is 7.48. The van der Waals surface area contributed by atoms with Gasteiger partial charge in [0.15, 0.2) is 0 Å².